The maximum absolute atomic E-state index is 13.0. The Morgan fingerprint density at radius 1 is 1.22 bits per heavy atom. The van der Waals surface area contributed by atoms with Gasteiger partial charge in [0.25, 0.3) is 5.91 Å². The SMILES string of the molecule is Cc1ccc(C(=O)OC(C)C(=O)NC2(C#N)CCCCC2)cc1S(=O)(=O)N1CCOCC1. The zero-order valence-corrected chi connectivity index (χ0v) is 19.2. The summed E-state index contributed by atoms with van der Waals surface area (Å²) in [6.07, 6.45) is 2.73. The molecule has 0 radical (unpaired) electrons. The van der Waals surface area contributed by atoms with E-state index in [0.29, 0.717) is 31.6 Å². The van der Waals surface area contributed by atoms with Gasteiger partial charge in [-0.05, 0) is 44.4 Å². The van der Waals surface area contributed by atoms with Gasteiger partial charge < -0.3 is 14.8 Å². The van der Waals surface area contributed by atoms with Gasteiger partial charge in [-0.1, -0.05) is 25.3 Å². The number of carbonyl (C=O) groups is 2. The molecule has 1 aliphatic heterocycles. The summed E-state index contributed by atoms with van der Waals surface area (Å²) in [6, 6.07) is 6.49. The molecule has 174 valence electrons. The van der Waals surface area contributed by atoms with Gasteiger partial charge in [-0.15, -0.1) is 0 Å². The van der Waals surface area contributed by atoms with Gasteiger partial charge >= 0.3 is 5.97 Å². The summed E-state index contributed by atoms with van der Waals surface area (Å²) >= 11 is 0. The van der Waals surface area contributed by atoms with Crippen molar-refractivity contribution in [1.29, 1.82) is 5.26 Å². The monoisotopic (exact) mass is 463 g/mol. The quantitative estimate of drug-likeness (QED) is 0.639. The lowest BCUT2D eigenvalue weighted by molar-refractivity contribution is -0.130. The van der Waals surface area contributed by atoms with Crippen molar-refractivity contribution < 1.29 is 27.5 Å². The van der Waals surface area contributed by atoms with E-state index in [-0.39, 0.29) is 23.5 Å². The molecule has 1 saturated heterocycles. The van der Waals surface area contributed by atoms with Gasteiger partial charge in [0, 0.05) is 13.1 Å². The first-order valence-electron chi connectivity index (χ1n) is 10.8. The summed E-state index contributed by atoms with van der Waals surface area (Å²) in [6.45, 7) is 4.21. The van der Waals surface area contributed by atoms with Crippen LogP contribution in [0.25, 0.3) is 0 Å². The molecule has 1 aromatic carbocycles. The second-order valence-corrected chi connectivity index (χ2v) is 10.2. The standard InChI is InChI=1S/C22H29N3O6S/c1-16-6-7-18(14-19(16)32(28,29)25-10-12-30-13-11-25)21(27)31-17(2)20(26)24-22(15-23)8-4-3-5-9-22/h6-7,14,17H,3-5,8-13H2,1-2H3,(H,24,26). The van der Waals surface area contributed by atoms with Crippen LogP contribution in [-0.2, 0) is 24.3 Å². The molecule has 3 rings (SSSR count). The summed E-state index contributed by atoms with van der Waals surface area (Å²) in [5.41, 5.74) is -0.388. The van der Waals surface area contributed by atoms with Crippen molar-refractivity contribution in [3.63, 3.8) is 0 Å². The molecular formula is C22H29N3O6S. The highest BCUT2D eigenvalue weighted by Crippen LogP contribution is 2.28. The predicted molar refractivity (Wildman–Crippen MR) is 115 cm³/mol. The van der Waals surface area contributed by atoms with Crippen LogP contribution < -0.4 is 5.32 Å². The van der Waals surface area contributed by atoms with Crippen LogP contribution >= 0.6 is 0 Å². The number of hydrogen-bond donors (Lipinski definition) is 1. The summed E-state index contributed by atoms with van der Waals surface area (Å²) in [5, 5.41) is 12.3. The molecule has 1 heterocycles. The molecule has 1 unspecified atom stereocenters. The van der Waals surface area contributed by atoms with E-state index >= 15 is 0 Å². The molecule has 0 bridgehead atoms. The first-order valence-corrected chi connectivity index (χ1v) is 12.3. The van der Waals surface area contributed by atoms with Gasteiger partial charge in [0.15, 0.2) is 6.10 Å². The van der Waals surface area contributed by atoms with Gasteiger partial charge in [-0.2, -0.15) is 9.57 Å². The molecule has 10 heteroatoms. The fourth-order valence-electron chi connectivity index (χ4n) is 3.97. The van der Waals surface area contributed by atoms with Gasteiger partial charge in [0.1, 0.15) is 5.54 Å². The second kappa shape index (κ2) is 9.98. The van der Waals surface area contributed by atoms with E-state index in [1.54, 1.807) is 13.0 Å². The zero-order chi connectivity index (χ0) is 23.4. The smallest absolute Gasteiger partial charge is 0.338 e. The lowest BCUT2D eigenvalue weighted by Gasteiger charge is -2.32. The van der Waals surface area contributed by atoms with Crippen molar-refractivity contribution in [2.24, 2.45) is 0 Å². The number of nitriles is 1. The number of esters is 1. The lowest BCUT2D eigenvalue weighted by Crippen LogP contribution is -2.52. The van der Waals surface area contributed by atoms with Crippen LogP contribution in [0.3, 0.4) is 0 Å². The van der Waals surface area contributed by atoms with Crippen LogP contribution in [0.1, 0.15) is 54.9 Å². The Labute approximate surface area is 188 Å². The number of aryl methyl sites for hydroxylation is 1. The van der Waals surface area contributed by atoms with Crippen molar-refractivity contribution in [3.8, 4) is 6.07 Å². The molecule has 2 fully saturated rings. The molecule has 2 aliphatic rings. The molecule has 1 aliphatic carbocycles. The summed E-state index contributed by atoms with van der Waals surface area (Å²) in [4.78, 5) is 25.3. The van der Waals surface area contributed by atoms with Crippen LogP contribution in [0.15, 0.2) is 23.1 Å². The number of amides is 1. The number of morpholine rings is 1. The minimum Gasteiger partial charge on any atom is -0.449 e. The fourth-order valence-corrected chi connectivity index (χ4v) is 5.63. The topological polar surface area (TPSA) is 126 Å². The Balaban J connectivity index is 1.71. The van der Waals surface area contributed by atoms with Gasteiger partial charge in [-0.25, -0.2) is 13.2 Å². The molecule has 1 N–H and O–H groups in total. The molecule has 1 saturated carbocycles. The van der Waals surface area contributed by atoms with Crippen molar-refractivity contribution in [1.82, 2.24) is 9.62 Å². The molecule has 32 heavy (non-hydrogen) atoms. The molecule has 1 aromatic rings. The molecule has 0 spiro atoms. The number of sulfonamides is 1. The van der Waals surface area contributed by atoms with Crippen LogP contribution in [-0.4, -0.2) is 62.5 Å². The van der Waals surface area contributed by atoms with Gasteiger partial charge in [-0.3, -0.25) is 4.79 Å². The molecule has 1 amide bonds. The fraction of sp³-hybridized carbons (Fsp3) is 0.591. The van der Waals surface area contributed by atoms with Crippen LogP contribution in [0, 0.1) is 18.3 Å². The average molecular weight is 464 g/mol. The zero-order valence-electron chi connectivity index (χ0n) is 18.4. The highest BCUT2D eigenvalue weighted by molar-refractivity contribution is 7.89. The maximum Gasteiger partial charge on any atom is 0.338 e. The summed E-state index contributed by atoms with van der Waals surface area (Å²) in [5.74, 6) is -1.35. The van der Waals surface area contributed by atoms with Crippen molar-refractivity contribution in [2.75, 3.05) is 26.3 Å². The third kappa shape index (κ3) is 5.28. The number of hydrogen-bond acceptors (Lipinski definition) is 7. The Kier molecular flexibility index (Phi) is 7.54. The number of nitrogens with zero attached hydrogens (tertiary/aromatic N) is 2. The van der Waals surface area contributed by atoms with E-state index in [9.17, 15) is 23.3 Å². The average Bonchev–Trinajstić information content (AvgIpc) is 2.80. The molecular weight excluding hydrogens is 434 g/mol. The Bertz CT molecular complexity index is 1000. The first kappa shape index (κ1) is 24.2. The highest BCUT2D eigenvalue weighted by Gasteiger charge is 2.36. The summed E-state index contributed by atoms with van der Waals surface area (Å²) < 4.78 is 37.9. The van der Waals surface area contributed by atoms with E-state index < -0.39 is 33.5 Å². The van der Waals surface area contributed by atoms with E-state index in [0.717, 1.165) is 19.3 Å². The Morgan fingerprint density at radius 2 is 1.88 bits per heavy atom. The number of rotatable bonds is 6. The van der Waals surface area contributed by atoms with E-state index in [1.807, 2.05) is 0 Å². The van der Waals surface area contributed by atoms with Crippen LogP contribution in [0.2, 0.25) is 0 Å². The lowest BCUT2D eigenvalue weighted by atomic mass is 9.83. The van der Waals surface area contributed by atoms with Gasteiger partial charge in [0.2, 0.25) is 10.0 Å². The normalized spacial score (nSPS) is 20.0. The number of nitrogens with one attached hydrogen (secondary N) is 1. The number of ether oxygens (including phenoxy) is 2. The molecule has 0 aromatic heterocycles. The van der Waals surface area contributed by atoms with Crippen LogP contribution in [0.5, 0.6) is 0 Å². The minimum absolute atomic E-state index is 0.0246. The van der Waals surface area contributed by atoms with Crippen molar-refractivity contribution in [3.05, 3.63) is 29.3 Å². The third-order valence-electron chi connectivity index (χ3n) is 5.95. The van der Waals surface area contributed by atoms with Gasteiger partial charge in [0.05, 0.1) is 29.7 Å². The first-order chi connectivity index (χ1) is 15.2. The Hall–Kier alpha value is -2.48. The molecule has 1 atom stereocenters. The minimum atomic E-state index is -3.79. The Morgan fingerprint density at radius 3 is 2.50 bits per heavy atom. The maximum atomic E-state index is 13.0. The highest BCUT2D eigenvalue weighted by atomic mass is 32.2. The second-order valence-electron chi connectivity index (χ2n) is 8.29. The summed E-state index contributed by atoms with van der Waals surface area (Å²) in [7, 11) is -3.79. The van der Waals surface area contributed by atoms with Crippen molar-refractivity contribution >= 4 is 21.9 Å². The largest absolute Gasteiger partial charge is 0.449 e. The van der Waals surface area contributed by atoms with E-state index in [2.05, 4.69) is 11.4 Å². The predicted octanol–water partition coefficient (Wildman–Crippen LogP) is 1.90. The van der Waals surface area contributed by atoms with E-state index in [1.165, 1.54) is 23.4 Å². The van der Waals surface area contributed by atoms with Crippen LogP contribution in [0.4, 0.5) is 0 Å². The number of carbonyl (C=O) groups excluding carboxylic acids is 2. The van der Waals surface area contributed by atoms with Crippen molar-refractivity contribution in [2.45, 2.75) is 62.5 Å². The molecule has 9 nitrogen and oxygen atoms in total. The third-order valence-corrected chi connectivity index (χ3v) is 7.99. The number of benzene rings is 1. The van der Waals surface area contributed by atoms with E-state index in [4.69, 9.17) is 9.47 Å².